The Kier molecular flexibility index (Phi) is 6.13. The summed E-state index contributed by atoms with van der Waals surface area (Å²) in [6.45, 7) is 2.19. The van der Waals surface area contributed by atoms with Crippen LogP contribution in [0.15, 0.2) is 6.07 Å². The normalized spacial score (nSPS) is 16.0. The van der Waals surface area contributed by atoms with Gasteiger partial charge in [-0.05, 0) is 18.9 Å². The molecule has 1 aromatic carbocycles. The van der Waals surface area contributed by atoms with E-state index in [4.69, 9.17) is 18.9 Å². The van der Waals surface area contributed by atoms with E-state index in [1.54, 1.807) is 20.3 Å². The molecule has 23 heavy (non-hydrogen) atoms. The van der Waals surface area contributed by atoms with Crippen LogP contribution in [0.2, 0.25) is 0 Å². The van der Waals surface area contributed by atoms with Gasteiger partial charge in [-0.3, -0.25) is 0 Å². The van der Waals surface area contributed by atoms with Gasteiger partial charge in [0.05, 0.1) is 32.5 Å². The van der Waals surface area contributed by atoms with Crippen molar-refractivity contribution in [1.29, 1.82) is 0 Å². The van der Waals surface area contributed by atoms with Crippen molar-refractivity contribution in [2.24, 2.45) is 0 Å². The highest BCUT2D eigenvalue weighted by Gasteiger charge is 2.37. The zero-order valence-electron chi connectivity index (χ0n) is 14.4. The Morgan fingerprint density at radius 2 is 1.70 bits per heavy atom. The van der Waals surface area contributed by atoms with Crippen LogP contribution in [0, 0.1) is 0 Å². The quantitative estimate of drug-likeness (QED) is 0.501. The zero-order chi connectivity index (χ0) is 16.8. The minimum atomic E-state index is -0.321. The summed E-state index contributed by atoms with van der Waals surface area (Å²) in [7, 11) is 4.66. The maximum atomic E-state index is 12.2. The van der Waals surface area contributed by atoms with Gasteiger partial charge in [-0.15, -0.1) is 0 Å². The minimum Gasteiger partial charge on any atom is -0.493 e. The van der Waals surface area contributed by atoms with E-state index in [0.717, 1.165) is 24.8 Å². The van der Waals surface area contributed by atoms with Gasteiger partial charge >= 0.3 is 5.97 Å². The number of methoxy groups -OCH3 is 3. The molecule has 5 nitrogen and oxygen atoms in total. The van der Waals surface area contributed by atoms with Gasteiger partial charge in [-0.2, -0.15) is 0 Å². The van der Waals surface area contributed by atoms with E-state index < -0.39 is 0 Å². The average Bonchev–Trinajstić information content (AvgIpc) is 2.88. The fraction of sp³-hybridized carbons (Fsp3) is 0.611. The summed E-state index contributed by atoms with van der Waals surface area (Å²) < 4.78 is 21.8. The molecule has 128 valence electrons. The van der Waals surface area contributed by atoms with E-state index in [1.165, 1.54) is 26.4 Å². The smallest absolute Gasteiger partial charge is 0.339 e. The first-order valence-electron chi connectivity index (χ1n) is 8.21. The number of fused-ring (bicyclic) bond motifs is 1. The molecule has 0 N–H and O–H groups in total. The van der Waals surface area contributed by atoms with Crippen molar-refractivity contribution < 1.29 is 23.7 Å². The molecule has 2 rings (SSSR count). The topological polar surface area (TPSA) is 54.0 Å². The Bertz CT molecular complexity index is 553. The maximum Gasteiger partial charge on any atom is 0.339 e. The first kappa shape index (κ1) is 17.4. The van der Waals surface area contributed by atoms with Gasteiger partial charge in [0.15, 0.2) is 11.5 Å². The Hall–Kier alpha value is -1.91. The summed E-state index contributed by atoms with van der Waals surface area (Å²) in [4.78, 5) is 12.2. The lowest BCUT2D eigenvalue weighted by molar-refractivity contribution is 0.0360. The second kappa shape index (κ2) is 8.09. The van der Waals surface area contributed by atoms with Crippen LogP contribution in [-0.4, -0.2) is 27.3 Å². The molecule has 5 heteroatoms. The highest BCUT2D eigenvalue weighted by molar-refractivity contribution is 5.96. The lowest BCUT2D eigenvalue weighted by Crippen LogP contribution is -2.03. The van der Waals surface area contributed by atoms with Gasteiger partial charge < -0.3 is 18.9 Å². The molecular formula is C18H26O5. The van der Waals surface area contributed by atoms with Gasteiger partial charge in [0.25, 0.3) is 0 Å². The van der Waals surface area contributed by atoms with Gasteiger partial charge in [-0.1, -0.05) is 32.6 Å². The molecule has 1 atom stereocenters. The SMILES string of the molecule is CCCCCCC[C@@H]1OC(=O)c2cc(OC)c(OC)c(OC)c21. The van der Waals surface area contributed by atoms with Gasteiger partial charge in [0.1, 0.15) is 6.10 Å². The van der Waals surface area contributed by atoms with Gasteiger partial charge in [-0.25, -0.2) is 4.79 Å². The minimum absolute atomic E-state index is 0.270. The molecule has 0 amide bonds. The van der Waals surface area contributed by atoms with Crippen LogP contribution >= 0.6 is 0 Å². The fourth-order valence-electron chi connectivity index (χ4n) is 3.06. The van der Waals surface area contributed by atoms with Crippen molar-refractivity contribution in [1.82, 2.24) is 0 Å². The molecule has 0 saturated heterocycles. The number of carbonyl (C=O) groups is 1. The van der Waals surface area contributed by atoms with Gasteiger partial charge in [0.2, 0.25) is 5.75 Å². The molecule has 0 bridgehead atoms. The van der Waals surface area contributed by atoms with Crippen LogP contribution < -0.4 is 14.2 Å². The van der Waals surface area contributed by atoms with Crippen LogP contribution in [-0.2, 0) is 4.74 Å². The van der Waals surface area contributed by atoms with Crippen molar-refractivity contribution >= 4 is 5.97 Å². The highest BCUT2D eigenvalue weighted by Crippen LogP contribution is 2.49. The van der Waals surface area contributed by atoms with Crippen LogP contribution in [0.3, 0.4) is 0 Å². The fourth-order valence-corrected chi connectivity index (χ4v) is 3.06. The first-order valence-corrected chi connectivity index (χ1v) is 8.21. The van der Waals surface area contributed by atoms with Gasteiger partial charge in [0, 0.05) is 0 Å². The molecule has 0 fully saturated rings. The van der Waals surface area contributed by atoms with E-state index in [2.05, 4.69) is 6.92 Å². The van der Waals surface area contributed by atoms with Crippen molar-refractivity contribution in [2.45, 2.75) is 51.6 Å². The van der Waals surface area contributed by atoms with Crippen LogP contribution in [0.5, 0.6) is 17.2 Å². The average molecular weight is 322 g/mol. The largest absolute Gasteiger partial charge is 0.493 e. The third-order valence-corrected chi connectivity index (χ3v) is 4.23. The number of cyclic esters (lactones) is 1. The zero-order valence-corrected chi connectivity index (χ0v) is 14.4. The number of hydrogen-bond acceptors (Lipinski definition) is 5. The summed E-state index contributed by atoms with van der Waals surface area (Å²) in [5, 5.41) is 0. The van der Waals surface area contributed by atoms with E-state index in [0.29, 0.717) is 22.8 Å². The van der Waals surface area contributed by atoms with Crippen LogP contribution in [0.4, 0.5) is 0 Å². The molecule has 0 aliphatic carbocycles. The number of unbranched alkanes of at least 4 members (excludes halogenated alkanes) is 4. The van der Waals surface area contributed by atoms with Crippen molar-refractivity contribution in [3.8, 4) is 17.2 Å². The molecule has 0 aromatic heterocycles. The highest BCUT2D eigenvalue weighted by atomic mass is 16.6. The van der Waals surface area contributed by atoms with E-state index >= 15 is 0 Å². The molecular weight excluding hydrogens is 296 g/mol. The standard InChI is InChI=1S/C18H26O5/c1-5-6-7-8-9-10-13-15-12(18(19)23-13)11-14(20-2)16(21-3)17(15)22-4/h11,13H,5-10H2,1-4H3/t13-/m0/s1. The molecule has 0 unspecified atom stereocenters. The summed E-state index contributed by atoms with van der Waals surface area (Å²) in [6, 6.07) is 1.68. The number of rotatable bonds is 9. The third-order valence-electron chi connectivity index (χ3n) is 4.23. The summed E-state index contributed by atoms with van der Waals surface area (Å²) in [5.74, 6) is 1.19. The molecule has 1 aliphatic heterocycles. The maximum absolute atomic E-state index is 12.2. The second-order valence-corrected chi connectivity index (χ2v) is 5.70. The predicted octanol–water partition coefficient (Wildman–Crippen LogP) is 4.28. The Morgan fingerprint density at radius 1 is 1.00 bits per heavy atom. The number of esters is 1. The predicted molar refractivity (Wildman–Crippen MR) is 87.6 cm³/mol. The molecule has 0 radical (unpaired) electrons. The number of benzene rings is 1. The number of hydrogen-bond donors (Lipinski definition) is 0. The van der Waals surface area contributed by atoms with Crippen molar-refractivity contribution in [2.75, 3.05) is 21.3 Å². The van der Waals surface area contributed by atoms with Crippen LogP contribution in [0.1, 0.15) is 67.5 Å². The molecule has 1 heterocycles. The number of ether oxygens (including phenoxy) is 4. The monoisotopic (exact) mass is 322 g/mol. The Labute approximate surface area is 137 Å². The Balaban J connectivity index is 2.25. The van der Waals surface area contributed by atoms with E-state index in [9.17, 15) is 4.79 Å². The third kappa shape index (κ3) is 3.54. The lowest BCUT2D eigenvalue weighted by atomic mass is 9.98. The van der Waals surface area contributed by atoms with Crippen molar-refractivity contribution in [3.63, 3.8) is 0 Å². The lowest BCUT2D eigenvalue weighted by Gasteiger charge is -2.17. The van der Waals surface area contributed by atoms with E-state index in [1.807, 2.05) is 0 Å². The molecule has 1 aliphatic rings. The molecule has 1 aromatic rings. The summed E-state index contributed by atoms with van der Waals surface area (Å²) >= 11 is 0. The van der Waals surface area contributed by atoms with E-state index in [-0.39, 0.29) is 12.1 Å². The Morgan fingerprint density at radius 3 is 2.30 bits per heavy atom. The molecule has 0 spiro atoms. The van der Waals surface area contributed by atoms with Crippen LogP contribution in [0.25, 0.3) is 0 Å². The number of carbonyl (C=O) groups excluding carboxylic acids is 1. The second-order valence-electron chi connectivity index (χ2n) is 5.70. The summed E-state index contributed by atoms with van der Waals surface area (Å²) in [5.41, 5.74) is 1.30. The first-order chi connectivity index (χ1) is 11.2. The molecule has 0 saturated carbocycles. The summed E-state index contributed by atoms with van der Waals surface area (Å²) in [6.07, 6.45) is 6.37. The van der Waals surface area contributed by atoms with Crippen molar-refractivity contribution in [3.05, 3.63) is 17.2 Å².